The number of aryl methyl sites for hydroxylation is 1. The summed E-state index contributed by atoms with van der Waals surface area (Å²) < 4.78 is 1.74. The molecular weight excluding hydrogens is 336 g/mol. The van der Waals surface area contributed by atoms with Crippen LogP contribution in [0, 0.1) is 0 Å². The summed E-state index contributed by atoms with van der Waals surface area (Å²) in [6.45, 7) is 6.46. The molecule has 1 aromatic heterocycles. The standard InChI is InChI=1S/C21H26N6/c1-3-18-7-5-6-8-19(18)14-25-21(23-4-2)24-13-17-9-11-20(12-10-17)27-16-22-15-26-27/h5-12,15-16H,3-4,13-14H2,1-2H3,(H2,23,24,25). The van der Waals surface area contributed by atoms with Crippen molar-refractivity contribution in [3.05, 3.63) is 77.9 Å². The van der Waals surface area contributed by atoms with Gasteiger partial charge in [0.2, 0.25) is 0 Å². The molecule has 0 aliphatic rings. The van der Waals surface area contributed by atoms with Crippen LogP contribution in [0.4, 0.5) is 0 Å². The average molecular weight is 362 g/mol. The van der Waals surface area contributed by atoms with E-state index >= 15 is 0 Å². The van der Waals surface area contributed by atoms with E-state index in [0.29, 0.717) is 6.54 Å². The first kappa shape index (κ1) is 18.6. The first-order chi connectivity index (χ1) is 13.3. The molecule has 2 aromatic carbocycles. The van der Waals surface area contributed by atoms with E-state index in [1.165, 1.54) is 17.5 Å². The third-order valence-electron chi connectivity index (χ3n) is 4.33. The van der Waals surface area contributed by atoms with Gasteiger partial charge in [-0.05, 0) is 42.2 Å². The Morgan fingerprint density at radius 1 is 1.00 bits per heavy atom. The van der Waals surface area contributed by atoms with Crippen LogP contribution in [0.3, 0.4) is 0 Å². The van der Waals surface area contributed by atoms with Crippen LogP contribution in [-0.4, -0.2) is 27.3 Å². The van der Waals surface area contributed by atoms with Gasteiger partial charge in [-0.2, -0.15) is 5.10 Å². The minimum absolute atomic E-state index is 0.613. The number of hydrogen-bond donors (Lipinski definition) is 2. The van der Waals surface area contributed by atoms with Gasteiger partial charge in [0.05, 0.1) is 12.2 Å². The van der Waals surface area contributed by atoms with Crippen LogP contribution in [-0.2, 0) is 19.5 Å². The molecule has 2 N–H and O–H groups in total. The van der Waals surface area contributed by atoms with Gasteiger partial charge in [-0.15, -0.1) is 0 Å². The molecule has 0 radical (unpaired) electrons. The summed E-state index contributed by atoms with van der Waals surface area (Å²) in [5.74, 6) is 0.823. The van der Waals surface area contributed by atoms with Crippen LogP contribution in [0.15, 0.2) is 66.2 Å². The SMILES string of the molecule is CCNC(=NCc1ccc(-n2cncn2)cc1)NCc1ccccc1CC. The minimum atomic E-state index is 0.613. The van der Waals surface area contributed by atoms with E-state index in [1.54, 1.807) is 11.0 Å². The highest BCUT2D eigenvalue weighted by Gasteiger charge is 2.03. The maximum absolute atomic E-state index is 4.71. The normalized spacial score (nSPS) is 11.4. The number of aliphatic imine (C=N–C) groups is 1. The second-order valence-electron chi connectivity index (χ2n) is 6.18. The molecule has 3 aromatic rings. The predicted molar refractivity (Wildman–Crippen MR) is 109 cm³/mol. The Bertz CT molecular complexity index is 853. The lowest BCUT2D eigenvalue weighted by atomic mass is 10.1. The second kappa shape index (κ2) is 9.52. The smallest absolute Gasteiger partial charge is 0.191 e. The van der Waals surface area contributed by atoms with Gasteiger partial charge in [-0.3, -0.25) is 0 Å². The van der Waals surface area contributed by atoms with Gasteiger partial charge in [0, 0.05) is 13.1 Å². The molecule has 140 valence electrons. The van der Waals surface area contributed by atoms with Crippen molar-refractivity contribution >= 4 is 5.96 Å². The zero-order valence-corrected chi connectivity index (χ0v) is 15.9. The third-order valence-corrected chi connectivity index (χ3v) is 4.33. The molecule has 0 saturated heterocycles. The summed E-state index contributed by atoms with van der Waals surface area (Å²) in [4.78, 5) is 8.68. The highest BCUT2D eigenvalue weighted by atomic mass is 15.3. The van der Waals surface area contributed by atoms with E-state index in [-0.39, 0.29) is 0 Å². The molecule has 0 unspecified atom stereocenters. The molecule has 0 bridgehead atoms. The lowest BCUT2D eigenvalue weighted by Gasteiger charge is -2.13. The van der Waals surface area contributed by atoms with Gasteiger partial charge in [-0.1, -0.05) is 43.3 Å². The van der Waals surface area contributed by atoms with Gasteiger partial charge < -0.3 is 10.6 Å². The van der Waals surface area contributed by atoms with E-state index in [0.717, 1.165) is 36.7 Å². The number of nitrogens with one attached hydrogen (secondary N) is 2. The molecule has 0 atom stereocenters. The molecule has 0 spiro atoms. The Morgan fingerprint density at radius 2 is 1.78 bits per heavy atom. The highest BCUT2D eigenvalue weighted by molar-refractivity contribution is 5.79. The maximum Gasteiger partial charge on any atom is 0.191 e. The van der Waals surface area contributed by atoms with Crippen molar-refractivity contribution in [3.63, 3.8) is 0 Å². The number of aromatic nitrogens is 3. The van der Waals surface area contributed by atoms with Gasteiger partial charge >= 0.3 is 0 Å². The largest absolute Gasteiger partial charge is 0.357 e. The van der Waals surface area contributed by atoms with E-state index in [9.17, 15) is 0 Å². The Balaban J connectivity index is 1.63. The van der Waals surface area contributed by atoms with E-state index in [4.69, 9.17) is 4.99 Å². The fraction of sp³-hybridized carbons (Fsp3) is 0.286. The van der Waals surface area contributed by atoms with E-state index in [2.05, 4.69) is 71.0 Å². The fourth-order valence-electron chi connectivity index (χ4n) is 2.86. The molecule has 0 aliphatic carbocycles. The zero-order chi connectivity index (χ0) is 18.9. The Morgan fingerprint density at radius 3 is 2.44 bits per heavy atom. The Kier molecular flexibility index (Phi) is 6.57. The molecule has 0 amide bonds. The van der Waals surface area contributed by atoms with Crippen LogP contribution in [0.25, 0.3) is 5.69 Å². The fourth-order valence-corrected chi connectivity index (χ4v) is 2.86. The van der Waals surface area contributed by atoms with Crippen molar-refractivity contribution in [3.8, 4) is 5.69 Å². The molecule has 1 heterocycles. The number of nitrogens with zero attached hydrogens (tertiary/aromatic N) is 4. The van der Waals surface area contributed by atoms with Crippen LogP contribution in [0.2, 0.25) is 0 Å². The molecule has 3 rings (SSSR count). The minimum Gasteiger partial charge on any atom is -0.357 e. The highest BCUT2D eigenvalue weighted by Crippen LogP contribution is 2.10. The number of hydrogen-bond acceptors (Lipinski definition) is 3. The quantitative estimate of drug-likeness (QED) is 0.501. The van der Waals surface area contributed by atoms with Crippen molar-refractivity contribution in [1.82, 2.24) is 25.4 Å². The molecule has 6 heteroatoms. The predicted octanol–water partition coefficient (Wildman–Crippen LogP) is 3.09. The number of rotatable bonds is 7. The number of benzene rings is 2. The lowest BCUT2D eigenvalue weighted by molar-refractivity contribution is 0.808. The molecular formula is C21H26N6. The van der Waals surface area contributed by atoms with E-state index in [1.807, 2.05) is 12.1 Å². The molecule has 27 heavy (non-hydrogen) atoms. The summed E-state index contributed by atoms with van der Waals surface area (Å²) in [7, 11) is 0. The van der Waals surface area contributed by atoms with Crippen LogP contribution in [0.5, 0.6) is 0 Å². The van der Waals surface area contributed by atoms with Crippen molar-refractivity contribution in [2.45, 2.75) is 33.4 Å². The first-order valence-corrected chi connectivity index (χ1v) is 9.33. The van der Waals surface area contributed by atoms with Crippen LogP contribution in [0.1, 0.15) is 30.5 Å². The van der Waals surface area contributed by atoms with Gasteiger partial charge in [0.15, 0.2) is 5.96 Å². The van der Waals surface area contributed by atoms with Gasteiger partial charge in [-0.25, -0.2) is 14.7 Å². The van der Waals surface area contributed by atoms with Gasteiger partial charge in [0.25, 0.3) is 0 Å². The van der Waals surface area contributed by atoms with Gasteiger partial charge in [0.1, 0.15) is 12.7 Å². The first-order valence-electron chi connectivity index (χ1n) is 9.33. The summed E-state index contributed by atoms with van der Waals surface area (Å²) in [5.41, 5.74) is 4.80. The summed E-state index contributed by atoms with van der Waals surface area (Å²) in [6.07, 6.45) is 4.25. The molecule has 6 nitrogen and oxygen atoms in total. The molecule has 0 saturated carbocycles. The third kappa shape index (κ3) is 5.17. The summed E-state index contributed by atoms with van der Waals surface area (Å²) in [6, 6.07) is 16.7. The van der Waals surface area contributed by atoms with Crippen LogP contribution < -0.4 is 10.6 Å². The number of guanidine groups is 1. The van der Waals surface area contributed by atoms with Crippen molar-refractivity contribution in [2.75, 3.05) is 6.54 Å². The van der Waals surface area contributed by atoms with Crippen molar-refractivity contribution < 1.29 is 0 Å². The topological polar surface area (TPSA) is 67.1 Å². The maximum atomic E-state index is 4.71. The summed E-state index contributed by atoms with van der Waals surface area (Å²) >= 11 is 0. The second-order valence-corrected chi connectivity index (χ2v) is 6.18. The zero-order valence-electron chi connectivity index (χ0n) is 15.9. The summed E-state index contributed by atoms with van der Waals surface area (Å²) in [5, 5.41) is 10.9. The molecule has 0 aliphatic heterocycles. The lowest BCUT2D eigenvalue weighted by Crippen LogP contribution is -2.37. The van der Waals surface area contributed by atoms with E-state index < -0.39 is 0 Å². The molecule has 0 fully saturated rings. The Labute approximate surface area is 160 Å². The van der Waals surface area contributed by atoms with Crippen molar-refractivity contribution in [2.24, 2.45) is 4.99 Å². The average Bonchev–Trinajstić information content (AvgIpc) is 3.25. The Hall–Kier alpha value is -3.15. The van der Waals surface area contributed by atoms with Crippen molar-refractivity contribution in [1.29, 1.82) is 0 Å². The monoisotopic (exact) mass is 362 g/mol. The van der Waals surface area contributed by atoms with Crippen LogP contribution >= 0.6 is 0 Å².